The number of H-pyrrole nitrogens is 1. The molecule has 6 rings (SSSR count). The summed E-state index contributed by atoms with van der Waals surface area (Å²) in [6, 6.07) is 0. The molecule has 3 aliphatic rings. The van der Waals surface area contributed by atoms with Gasteiger partial charge in [0.05, 0.1) is 25.2 Å². The number of aryl methyl sites for hydroxylation is 1. The van der Waals surface area contributed by atoms with Crippen LogP contribution in [0.1, 0.15) is 17.5 Å². The van der Waals surface area contributed by atoms with Crippen molar-refractivity contribution < 1.29 is 19.7 Å². The van der Waals surface area contributed by atoms with Gasteiger partial charge in [0.2, 0.25) is 12.1 Å². The monoisotopic (exact) mass is 442 g/mol. The number of nitrogens with one attached hydrogen (secondary N) is 2. The molecular formula is C22H30N6O2S+2. The Morgan fingerprint density at radius 3 is 2.71 bits per heavy atom. The summed E-state index contributed by atoms with van der Waals surface area (Å²) in [7, 11) is 0. The number of thiophene rings is 1. The minimum atomic E-state index is 0.263. The summed E-state index contributed by atoms with van der Waals surface area (Å²) in [6.07, 6.45) is 5.29. The van der Waals surface area contributed by atoms with Crippen LogP contribution < -0.4 is 19.7 Å². The summed E-state index contributed by atoms with van der Waals surface area (Å²) in [4.78, 5) is 20.9. The highest BCUT2D eigenvalue weighted by molar-refractivity contribution is 7.26. The zero-order valence-electron chi connectivity index (χ0n) is 17.8. The van der Waals surface area contributed by atoms with Crippen molar-refractivity contribution in [2.75, 3.05) is 75.4 Å². The van der Waals surface area contributed by atoms with Crippen molar-refractivity contribution in [3.8, 4) is 0 Å². The average Bonchev–Trinajstić information content (AvgIpc) is 3.44. The summed E-state index contributed by atoms with van der Waals surface area (Å²) < 4.78 is 6.81. The molecule has 2 saturated heterocycles. The number of piperazine rings is 1. The first-order chi connectivity index (χ1) is 15.3. The van der Waals surface area contributed by atoms with Gasteiger partial charge in [0.15, 0.2) is 5.52 Å². The lowest BCUT2D eigenvalue weighted by molar-refractivity contribution is -0.901. The van der Waals surface area contributed by atoms with Crippen LogP contribution in [-0.4, -0.2) is 80.7 Å². The van der Waals surface area contributed by atoms with Crippen LogP contribution in [-0.2, 0) is 17.6 Å². The Kier molecular flexibility index (Phi) is 5.14. The number of nitrogens with zero attached hydrogens (tertiary/aromatic N) is 4. The molecule has 3 aromatic rings. The Hall–Kier alpha value is -2.07. The lowest BCUT2D eigenvalue weighted by Gasteiger charge is -2.29. The van der Waals surface area contributed by atoms with E-state index in [0.29, 0.717) is 0 Å². The second kappa shape index (κ2) is 8.12. The number of quaternary nitrogens is 1. The van der Waals surface area contributed by atoms with Gasteiger partial charge in [-0.25, -0.2) is 9.97 Å². The predicted molar refractivity (Wildman–Crippen MR) is 121 cm³/mol. The number of hydrogen-bond acceptors (Lipinski definition) is 7. The van der Waals surface area contributed by atoms with E-state index in [0.717, 1.165) is 82.2 Å². The molecule has 0 saturated carbocycles. The second-order valence-corrected chi connectivity index (χ2v) is 9.77. The lowest BCUT2D eigenvalue weighted by Crippen LogP contribution is -3.15. The number of aromatic amines is 1. The Morgan fingerprint density at radius 2 is 1.90 bits per heavy atom. The highest BCUT2D eigenvalue weighted by Gasteiger charge is 2.31. The molecule has 1 aliphatic carbocycles. The molecule has 0 bridgehead atoms. The number of hydrogen-bond donors (Lipinski definition) is 2. The van der Waals surface area contributed by atoms with Crippen LogP contribution in [0, 0.1) is 0 Å². The molecular weight excluding hydrogens is 412 g/mol. The van der Waals surface area contributed by atoms with E-state index in [1.807, 2.05) is 6.33 Å². The molecule has 8 nitrogen and oxygen atoms in total. The largest absolute Gasteiger partial charge is 0.391 e. The second-order valence-electron chi connectivity index (χ2n) is 8.77. The molecule has 0 atom stereocenters. The van der Waals surface area contributed by atoms with Gasteiger partial charge in [0, 0.05) is 13.1 Å². The van der Waals surface area contributed by atoms with Crippen molar-refractivity contribution in [2.24, 2.45) is 0 Å². The van der Waals surface area contributed by atoms with Crippen LogP contribution in [0.2, 0.25) is 0 Å². The van der Waals surface area contributed by atoms with Crippen LogP contribution in [0.5, 0.6) is 0 Å². The zero-order valence-corrected chi connectivity index (χ0v) is 18.6. The first-order valence-corrected chi connectivity index (χ1v) is 12.3. The third kappa shape index (κ3) is 3.34. The molecule has 2 fully saturated rings. The minimum absolute atomic E-state index is 0.263. The fourth-order valence-electron chi connectivity index (χ4n) is 5.43. The van der Waals surface area contributed by atoms with Gasteiger partial charge in [0.1, 0.15) is 48.1 Å². The number of pyridine rings is 1. The molecule has 0 unspecified atom stereocenters. The maximum Gasteiger partial charge on any atom is 0.243 e. The molecule has 0 spiro atoms. The van der Waals surface area contributed by atoms with E-state index in [-0.39, 0.29) is 6.61 Å². The van der Waals surface area contributed by atoms with E-state index in [9.17, 15) is 5.11 Å². The van der Waals surface area contributed by atoms with Crippen molar-refractivity contribution >= 4 is 43.4 Å². The highest BCUT2D eigenvalue weighted by atomic mass is 32.1. The molecule has 0 radical (unpaired) electrons. The number of aromatic nitrogens is 3. The Morgan fingerprint density at radius 1 is 1.10 bits per heavy atom. The normalized spacial score (nSPS) is 20.2. The van der Waals surface area contributed by atoms with Crippen molar-refractivity contribution in [1.29, 1.82) is 0 Å². The van der Waals surface area contributed by atoms with Gasteiger partial charge in [0.25, 0.3) is 0 Å². The van der Waals surface area contributed by atoms with E-state index in [1.54, 1.807) is 11.3 Å². The van der Waals surface area contributed by atoms with E-state index in [2.05, 4.69) is 14.8 Å². The highest BCUT2D eigenvalue weighted by Crippen LogP contribution is 2.43. The molecule has 9 heteroatoms. The topological polar surface area (TPSA) is 80.3 Å². The van der Waals surface area contributed by atoms with Crippen LogP contribution >= 0.6 is 11.3 Å². The molecule has 0 aromatic carbocycles. The number of fused-ring (bicyclic) bond motifs is 5. The van der Waals surface area contributed by atoms with Crippen LogP contribution in [0.4, 0.5) is 11.6 Å². The summed E-state index contributed by atoms with van der Waals surface area (Å²) >= 11 is 1.79. The van der Waals surface area contributed by atoms with Gasteiger partial charge in [-0.2, -0.15) is 0 Å². The summed E-state index contributed by atoms with van der Waals surface area (Å²) in [6.45, 7) is 8.61. The van der Waals surface area contributed by atoms with Gasteiger partial charge >= 0.3 is 0 Å². The van der Waals surface area contributed by atoms with E-state index in [1.165, 1.54) is 44.2 Å². The standard InChI is InChI=1S/C22H28N6O2S/c29-11-8-26-4-6-27(7-5-26)21-19-18(23-14-24-21)17-15-2-1-3-16(15)20(25-22(17)31-19)28-9-12-30-13-10-28/h14,29H,1-13H2/p+2. The number of aliphatic hydroxyl groups excluding tert-OH is 1. The first kappa shape index (κ1) is 19.6. The SMILES string of the molecule is OCC[NH+]1CCN(c2[nH+]cnc3c2sc2nc(N4CCOCC4)c4c(c23)CCC4)CC1. The molecule has 3 aromatic heterocycles. The average molecular weight is 443 g/mol. The molecule has 3 N–H and O–H groups in total. The van der Waals surface area contributed by atoms with Gasteiger partial charge in [-0.1, -0.05) is 0 Å². The van der Waals surface area contributed by atoms with Crippen molar-refractivity contribution in [3.63, 3.8) is 0 Å². The fourth-order valence-corrected chi connectivity index (χ4v) is 6.61. The maximum atomic E-state index is 9.25. The number of rotatable bonds is 4. The summed E-state index contributed by atoms with van der Waals surface area (Å²) in [5, 5.41) is 10.5. The molecule has 31 heavy (non-hydrogen) atoms. The van der Waals surface area contributed by atoms with Crippen molar-refractivity contribution in [2.45, 2.75) is 19.3 Å². The smallest absolute Gasteiger partial charge is 0.243 e. The lowest BCUT2D eigenvalue weighted by atomic mass is 10.1. The number of anilines is 2. The van der Waals surface area contributed by atoms with Crippen LogP contribution in [0.25, 0.3) is 20.4 Å². The van der Waals surface area contributed by atoms with E-state index >= 15 is 0 Å². The van der Waals surface area contributed by atoms with Crippen LogP contribution in [0.15, 0.2) is 6.33 Å². The van der Waals surface area contributed by atoms with E-state index in [4.69, 9.17) is 14.7 Å². The van der Waals surface area contributed by atoms with Crippen molar-refractivity contribution in [3.05, 3.63) is 17.5 Å². The minimum Gasteiger partial charge on any atom is -0.391 e. The maximum absolute atomic E-state index is 9.25. The van der Waals surface area contributed by atoms with Crippen molar-refractivity contribution in [1.82, 2.24) is 9.97 Å². The van der Waals surface area contributed by atoms with Crippen LogP contribution in [0.3, 0.4) is 0 Å². The predicted octanol–water partition coefficient (Wildman–Crippen LogP) is -0.319. The van der Waals surface area contributed by atoms with Gasteiger partial charge in [-0.3, -0.25) is 4.90 Å². The fraction of sp³-hybridized carbons (Fsp3) is 0.591. The third-order valence-electron chi connectivity index (χ3n) is 7.03. The number of aliphatic hydroxyl groups is 1. The first-order valence-electron chi connectivity index (χ1n) is 11.5. The van der Waals surface area contributed by atoms with Gasteiger partial charge in [-0.05, 0) is 30.4 Å². The molecule has 0 amide bonds. The zero-order chi connectivity index (χ0) is 20.8. The quantitative estimate of drug-likeness (QED) is 0.577. The number of ether oxygens (including phenoxy) is 1. The number of morpholine rings is 1. The van der Waals surface area contributed by atoms with E-state index < -0.39 is 0 Å². The van der Waals surface area contributed by atoms with Gasteiger partial charge in [-0.15, -0.1) is 16.3 Å². The third-order valence-corrected chi connectivity index (χ3v) is 8.11. The Bertz CT molecular complexity index is 1100. The summed E-state index contributed by atoms with van der Waals surface area (Å²) in [5.41, 5.74) is 4.02. The summed E-state index contributed by atoms with van der Waals surface area (Å²) in [5.74, 6) is 2.36. The molecule has 164 valence electrons. The molecule has 2 aliphatic heterocycles. The molecule has 5 heterocycles. The Balaban J connectivity index is 1.44. The van der Waals surface area contributed by atoms with Gasteiger partial charge < -0.3 is 19.6 Å². The Labute approximate surface area is 185 Å².